The molecule has 1 rings (SSSR count). The van der Waals surface area contributed by atoms with Gasteiger partial charge >= 0.3 is 0 Å². The number of benzene rings is 1. The lowest BCUT2D eigenvalue weighted by atomic mass is 10.0. The smallest absolute Gasteiger partial charge is 0.252 e. The summed E-state index contributed by atoms with van der Waals surface area (Å²) in [6.45, 7) is 1.74. The van der Waals surface area contributed by atoms with Gasteiger partial charge in [-0.1, -0.05) is 12.1 Å². The van der Waals surface area contributed by atoms with Crippen LogP contribution in [0.3, 0.4) is 0 Å². The van der Waals surface area contributed by atoms with Crippen LogP contribution < -0.4 is 4.74 Å². The number of ether oxygens (including phenoxy) is 1. The Kier molecular flexibility index (Phi) is 3.68. The van der Waals surface area contributed by atoms with Crippen LogP contribution in [-0.2, 0) is 4.79 Å². The van der Waals surface area contributed by atoms with Gasteiger partial charge in [-0.3, -0.25) is 10.0 Å². The van der Waals surface area contributed by atoms with E-state index < -0.39 is 0 Å². The molecular formula is C11H15NO3. The largest absolute Gasteiger partial charge is 0.497 e. The van der Waals surface area contributed by atoms with E-state index in [1.54, 1.807) is 20.1 Å². The highest BCUT2D eigenvalue weighted by Gasteiger charge is 2.18. The van der Waals surface area contributed by atoms with Gasteiger partial charge in [0, 0.05) is 7.05 Å². The molecule has 4 heteroatoms. The molecule has 0 radical (unpaired) electrons. The van der Waals surface area contributed by atoms with E-state index in [4.69, 9.17) is 9.94 Å². The van der Waals surface area contributed by atoms with Crippen molar-refractivity contribution in [2.24, 2.45) is 0 Å². The van der Waals surface area contributed by atoms with Crippen LogP contribution >= 0.6 is 0 Å². The lowest BCUT2D eigenvalue weighted by Crippen LogP contribution is -2.27. The number of nitrogens with zero attached hydrogens (tertiary/aromatic N) is 1. The summed E-state index contributed by atoms with van der Waals surface area (Å²) in [6, 6.07) is 7.24. The minimum absolute atomic E-state index is 0.344. The van der Waals surface area contributed by atoms with Crippen LogP contribution in [0.4, 0.5) is 0 Å². The molecule has 1 atom stereocenters. The topological polar surface area (TPSA) is 49.8 Å². The van der Waals surface area contributed by atoms with Gasteiger partial charge < -0.3 is 4.74 Å². The summed E-state index contributed by atoms with van der Waals surface area (Å²) in [7, 11) is 2.89. The number of hydroxylamine groups is 2. The fraction of sp³-hybridized carbons (Fsp3) is 0.364. The van der Waals surface area contributed by atoms with E-state index in [0.29, 0.717) is 10.8 Å². The molecule has 0 heterocycles. The third kappa shape index (κ3) is 2.70. The number of amides is 1. The minimum Gasteiger partial charge on any atom is -0.497 e. The first kappa shape index (κ1) is 11.5. The molecule has 1 N–H and O–H groups in total. The van der Waals surface area contributed by atoms with Crippen molar-refractivity contribution < 1.29 is 14.7 Å². The first-order valence-corrected chi connectivity index (χ1v) is 4.66. The molecule has 1 aromatic rings. The first-order valence-electron chi connectivity index (χ1n) is 4.66. The molecule has 0 saturated heterocycles. The lowest BCUT2D eigenvalue weighted by molar-refractivity contribution is -0.160. The van der Waals surface area contributed by atoms with Crippen molar-refractivity contribution in [3.8, 4) is 5.75 Å². The first-order chi connectivity index (χ1) is 7.06. The van der Waals surface area contributed by atoms with E-state index in [1.807, 2.05) is 18.2 Å². The number of rotatable bonds is 3. The highest BCUT2D eigenvalue weighted by Crippen LogP contribution is 2.21. The zero-order valence-electron chi connectivity index (χ0n) is 9.10. The second-order valence-corrected chi connectivity index (χ2v) is 3.36. The molecule has 0 saturated carbocycles. The Balaban J connectivity index is 2.90. The maximum absolute atomic E-state index is 11.5. The molecule has 0 aromatic heterocycles. The summed E-state index contributed by atoms with van der Waals surface area (Å²) in [5.41, 5.74) is 0.820. The molecule has 1 amide bonds. The van der Waals surface area contributed by atoms with Crippen molar-refractivity contribution in [2.45, 2.75) is 12.8 Å². The normalized spacial score (nSPS) is 12.0. The van der Waals surface area contributed by atoms with Crippen molar-refractivity contribution in [2.75, 3.05) is 14.2 Å². The summed E-state index contributed by atoms with van der Waals surface area (Å²) < 4.78 is 5.06. The third-order valence-electron chi connectivity index (χ3n) is 2.28. The molecule has 15 heavy (non-hydrogen) atoms. The number of likely N-dealkylation sites (N-methyl/N-ethyl adjacent to an activating group) is 1. The molecular weight excluding hydrogens is 194 g/mol. The number of methoxy groups -OCH3 is 1. The van der Waals surface area contributed by atoms with Crippen molar-refractivity contribution in [3.63, 3.8) is 0 Å². The zero-order chi connectivity index (χ0) is 11.4. The Labute approximate surface area is 89.0 Å². The Bertz CT molecular complexity index is 349. The van der Waals surface area contributed by atoms with Gasteiger partial charge in [0.15, 0.2) is 0 Å². The molecule has 0 aliphatic heterocycles. The number of hydrogen-bond acceptors (Lipinski definition) is 3. The highest BCUT2D eigenvalue weighted by atomic mass is 16.5. The summed E-state index contributed by atoms with van der Waals surface area (Å²) >= 11 is 0. The summed E-state index contributed by atoms with van der Waals surface area (Å²) in [5.74, 6) is -0.0221. The SMILES string of the molecule is COc1cccc(C(C)C(=O)N(C)O)c1. The summed E-state index contributed by atoms with van der Waals surface area (Å²) in [6.07, 6.45) is 0. The van der Waals surface area contributed by atoms with Crippen LogP contribution in [0.15, 0.2) is 24.3 Å². The van der Waals surface area contributed by atoms with Gasteiger partial charge in [0.2, 0.25) is 0 Å². The molecule has 82 valence electrons. The lowest BCUT2D eigenvalue weighted by Gasteiger charge is -2.15. The van der Waals surface area contributed by atoms with Crippen molar-refractivity contribution in [1.82, 2.24) is 5.06 Å². The highest BCUT2D eigenvalue weighted by molar-refractivity contribution is 5.82. The Morgan fingerprint density at radius 2 is 2.20 bits per heavy atom. The van der Waals surface area contributed by atoms with Gasteiger partial charge in [0.25, 0.3) is 5.91 Å². The van der Waals surface area contributed by atoms with Gasteiger partial charge in [0.05, 0.1) is 13.0 Å². The molecule has 0 aliphatic rings. The molecule has 0 fully saturated rings. The second-order valence-electron chi connectivity index (χ2n) is 3.36. The predicted octanol–water partition coefficient (Wildman–Crippen LogP) is 1.65. The van der Waals surface area contributed by atoms with Crippen LogP contribution in [0.5, 0.6) is 5.75 Å². The quantitative estimate of drug-likeness (QED) is 0.608. The Morgan fingerprint density at radius 1 is 1.53 bits per heavy atom. The molecule has 1 aromatic carbocycles. The van der Waals surface area contributed by atoms with Crippen molar-refractivity contribution in [1.29, 1.82) is 0 Å². The van der Waals surface area contributed by atoms with Gasteiger partial charge in [-0.05, 0) is 24.6 Å². The van der Waals surface area contributed by atoms with Crippen molar-refractivity contribution in [3.05, 3.63) is 29.8 Å². The van der Waals surface area contributed by atoms with Gasteiger partial charge in [0.1, 0.15) is 5.75 Å². The van der Waals surface area contributed by atoms with E-state index in [1.165, 1.54) is 7.05 Å². The number of hydrogen-bond donors (Lipinski definition) is 1. The molecule has 1 unspecified atom stereocenters. The number of carbonyl (C=O) groups excluding carboxylic acids is 1. The molecule has 4 nitrogen and oxygen atoms in total. The van der Waals surface area contributed by atoms with E-state index >= 15 is 0 Å². The summed E-state index contributed by atoms with van der Waals surface area (Å²) in [4.78, 5) is 11.5. The van der Waals surface area contributed by atoms with Crippen LogP contribution in [0.2, 0.25) is 0 Å². The zero-order valence-corrected chi connectivity index (χ0v) is 9.10. The van der Waals surface area contributed by atoms with Crippen LogP contribution in [0.25, 0.3) is 0 Å². The fourth-order valence-corrected chi connectivity index (χ4v) is 1.33. The second kappa shape index (κ2) is 4.79. The van der Waals surface area contributed by atoms with Gasteiger partial charge in [-0.15, -0.1) is 0 Å². The summed E-state index contributed by atoms with van der Waals surface area (Å²) in [5, 5.41) is 9.63. The van der Waals surface area contributed by atoms with Crippen LogP contribution in [0, 0.1) is 0 Å². The Morgan fingerprint density at radius 3 is 2.73 bits per heavy atom. The van der Waals surface area contributed by atoms with Gasteiger partial charge in [-0.2, -0.15) is 0 Å². The third-order valence-corrected chi connectivity index (χ3v) is 2.28. The average Bonchev–Trinajstić information content (AvgIpc) is 2.27. The monoisotopic (exact) mass is 209 g/mol. The van der Waals surface area contributed by atoms with E-state index in [9.17, 15) is 4.79 Å². The molecule has 0 bridgehead atoms. The Hall–Kier alpha value is -1.55. The predicted molar refractivity (Wildman–Crippen MR) is 56.0 cm³/mol. The average molecular weight is 209 g/mol. The van der Waals surface area contributed by atoms with Gasteiger partial charge in [-0.25, -0.2) is 5.06 Å². The minimum atomic E-state index is -0.380. The van der Waals surface area contributed by atoms with Crippen LogP contribution in [-0.4, -0.2) is 30.3 Å². The van der Waals surface area contributed by atoms with E-state index in [2.05, 4.69) is 0 Å². The maximum Gasteiger partial charge on any atom is 0.252 e. The van der Waals surface area contributed by atoms with E-state index in [-0.39, 0.29) is 11.8 Å². The molecule has 0 spiro atoms. The maximum atomic E-state index is 11.5. The standard InChI is InChI=1S/C11H15NO3/c1-8(11(13)12(2)14)9-5-4-6-10(7-9)15-3/h4-8,14H,1-3H3. The molecule has 0 aliphatic carbocycles. The van der Waals surface area contributed by atoms with Crippen molar-refractivity contribution >= 4 is 5.91 Å². The van der Waals surface area contributed by atoms with E-state index in [0.717, 1.165) is 5.56 Å². The fourth-order valence-electron chi connectivity index (χ4n) is 1.33. The number of carbonyl (C=O) groups is 1. The van der Waals surface area contributed by atoms with Crippen LogP contribution in [0.1, 0.15) is 18.4 Å².